The number of hydrogen-bond donors (Lipinski definition) is 1. The highest BCUT2D eigenvalue weighted by Gasteiger charge is 2.19. The summed E-state index contributed by atoms with van der Waals surface area (Å²) in [6.45, 7) is 0. The number of carbonyl (C=O) groups is 1. The van der Waals surface area contributed by atoms with Gasteiger partial charge in [-0.3, -0.25) is 9.79 Å². The highest BCUT2D eigenvalue weighted by molar-refractivity contribution is 6.10. The van der Waals surface area contributed by atoms with Crippen molar-refractivity contribution in [2.75, 3.05) is 7.05 Å². The van der Waals surface area contributed by atoms with Crippen LogP contribution in [-0.2, 0) is 4.79 Å². The Morgan fingerprint density at radius 2 is 2.36 bits per heavy atom. The molecule has 0 aromatic heterocycles. The Labute approximate surface area is 64.8 Å². The second-order valence-electron chi connectivity index (χ2n) is 2.21. The van der Waals surface area contributed by atoms with Crippen molar-refractivity contribution in [3.05, 3.63) is 24.3 Å². The van der Waals surface area contributed by atoms with Crippen LogP contribution in [0.2, 0.25) is 0 Å². The van der Waals surface area contributed by atoms with Crippen LogP contribution in [0.15, 0.2) is 29.3 Å². The molecule has 0 spiro atoms. The molecule has 1 unspecified atom stereocenters. The van der Waals surface area contributed by atoms with E-state index >= 15 is 0 Å². The van der Waals surface area contributed by atoms with E-state index < -0.39 is 11.9 Å². The summed E-state index contributed by atoms with van der Waals surface area (Å²) in [5.74, 6) is -1.42. The number of aliphatic carboxylic acids is 1. The van der Waals surface area contributed by atoms with Crippen LogP contribution >= 0.6 is 0 Å². The third-order valence-electron chi connectivity index (χ3n) is 1.52. The van der Waals surface area contributed by atoms with Gasteiger partial charge in [0.15, 0.2) is 0 Å². The fourth-order valence-electron chi connectivity index (χ4n) is 0.954. The molecule has 0 saturated carbocycles. The van der Waals surface area contributed by atoms with Gasteiger partial charge >= 0.3 is 5.97 Å². The van der Waals surface area contributed by atoms with Crippen LogP contribution in [-0.4, -0.2) is 23.8 Å². The van der Waals surface area contributed by atoms with Crippen LogP contribution in [0.5, 0.6) is 0 Å². The van der Waals surface area contributed by atoms with Crippen molar-refractivity contribution in [3.8, 4) is 0 Å². The number of hydrogen-bond acceptors (Lipinski definition) is 2. The van der Waals surface area contributed by atoms with E-state index in [0.717, 1.165) is 0 Å². The van der Waals surface area contributed by atoms with Gasteiger partial charge in [-0.15, -0.1) is 0 Å². The number of carboxylic acids is 1. The molecule has 0 bridgehead atoms. The Bertz CT molecular complexity index is 251. The van der Waals surface area contributed by atoms with Gasteiger partial charge < -0.3 is 5.11 Å². The van der Waals surface area contributed by atoms with E-state index in [4.69, 9.17) is 5.11 Å². The Kier molecular flexibility index (Phi) is 2.21. The Morgan fingerprint density at radius 3 is 2.82 bits per heavy atom. The van der Waals surface area contributed by atoms with Gasteiger partial charge in [0.25, 0.3) is 0 Å². The van der Waals surface area contributed by atoms with Crippen molar-refractivity contribution >= 4 is 11.7 Å². The quantitative estimate of drug-likeness (QED) is 0.604. The second-order valence-corrected chi connectivity index (χ2v) is 2.21. The maximum atomic E-state index is 10.6. The summed E-state index contributed by atoms with van der Waals surface area (Å²) in [4.78, 5) is 14.4. The van der Waals surface area contributed by atoms with E-state index in [-0.39, 0.29) is 0 Å². The maximum absolute atomic E-state index is 10.6. The smallest absolute Gasteiger partial charge is 0.316 e. The van der Waals surface area contributed by atoms with Crippen molar-refractivity contribution < 1.29 is 9.90 Å². The van der Waals surface area contributed by atoms with E-state index in [1.54, 1.807) is 31.4 Å². The molecule has 3 nitrogen and oxygen atoms in total. The molecule has 1 rings (SSSR count). The second kappa shape index (κ2) is 3.14. The minimum absolute atomic E-state index is 0.565. The van der Waals surface area contributed by atoms with Crippen LogP contribution < -0.4 is 0 Å². The number of allylic oxidation sites excluding steroid dienone is 3. The van der Waals surface area contributed by atoms with Gasteiger partial charge in [0.05, 0.1) is 5.71 Å². The molecular weight excluding hydrogens is 142 g/mol. The minimum Gasteiger partial charge on any atom is -0.481 e. The van der Waals surface area contributed by atoms with E-state index in [0.29, 0.717) is 5.71 Å². The van der Waals surface area contributed by atoms with Gasteiger partial charge in [0.1, 0.15) is 5.92 Å². The highest BCUT2D eigenvalue weighted by Crippen LogP contribution is 2.08. The first-order chi connectivity index (χ1) is 5.25. The first kappa shape index (κ1) is 7.72. The Hall–Kier alpha value is -1.38. The molecule has 0 saturated heterocycles. The Balaban J connectivity index is 2.88. The molecule has 1 aliphatic rings. The first-order valence-corrected chi connectivity index (χ1v) is 3.30. The normalized spacial score (nSPS) is 25.9. The van der Waals surface area contributed by atoms with Crippen LogP contribution in [0, 0.1) is 5.92 Å². The molecule has 0 fully saturated rings. The van der Waals surface area contributed by atoms with Crippen LogP contribution in [0.4, 0.5) is 0 Å². The third-order valence-corrected chi connectivity index (χ3v) is 1.52. The summed E-state index contributed by atoms with van der Waals surface area (Å²) in [5, 5.41) is 8.67. The fraction of sp³-hybridized carbons (Fsp3) is 0.250. The molecule has 0 radical (unpaired) electrons. The van der Waals surface area contributed by atoms with Crippen LogP contribution in [0.3, 0.4) is 0 Å². The zero-order valence-electron chi connectivity index (χ0n) is 6.19. The van der Waals surface area contributed by atoms with E-state index in [1.165, 1.54) is 0 Å². The van der Waals surface area contributed by atoms with Gasteiger partial charge in [-0.25, -0.2) is 0 Å². The van der Waals surface area contributed by atoms with Crippen LogP contribution in [0.1, 0.15) is 0 Å². The number of carboxylic acid groups (broad SMARTS) is 1. The minimum atomic E-state index is -0.855. The lowest BCUT2D eigenvalue weighted by molar-refractivity contribution is -0.138. The SMILES string of the molecule is CN=C1C=CC=CC1C(=O)O. The predicted molar refractivity (Wildman–Crippen MR) is 42.8 cm³/mol. The average Bonchev–Trinajstić information content (AvgIpc) is 2.04. The molecule has 3 heteroatoms. The topological polar surface area (TPSA) is 49.7 Å². The van der Waals surface area contributed by atoms with Gasteiger partial charge in [-0.1, -0.05) is 18.2 Å². The molecule has 1 aliphatic carbocycles. The van der Waals surface area contributed by atoms with Crippen molar-refractivity contribution in [1.29, 1.82) is 0 Å². The maximum Gasteiger partial charge on any atom is 0.316 e. The number of rotatable bonds is 1. The molecule has 1 N–H and O–H groups in total. The summed E-state index contributed by atoms with van der Waals surface area (Å²) in [5.41, 5.74) is 0.597. The van der Waals surface area contributed by atoms with E-state index in [9.17, 15) is 4.79 Å². The highest BCUT2D eigenvalue weighted by atomic mass is 16.4. The van der Waals surface area contributed by atoms with Crippen molar-refractivity contribution in [1.82, 2.24) is 0 Å². The zero-order valence-corrected chi connectivity index (χ0v) is 6.19. The fourth-order valence-corrected chi connectivity index (χ4v) is 0.954. The average molecular weight is 151 g/mol. The molecule has 1 atom stereocenters. The summed E-state index contributed by atoms with van der Waals surface area (Å²) >= 11 is 0. The summed E-state index contributed by atoms with van der Waals surface area (Å²) < 4.78 is 0. The summed E-state index contributed by atoms with van der Waals surface area (Å²) in [6, 6.07) is 0. The third kappa shape index (κ3) is 1.55. The molecular formula is C8H9NO2. The van der Waals surface area contributed by atoms with Crippen LogP contribution in [0.25, 0.3) is 0 Å². The van der Waals surface area contributed by atoms with Gasteiger partial charge in [0.2, 0.25) is 0 Å². The monoisotopic (exact) mass is 151 g/mol. The first-order valence-electron chi connectivity index (χ1n) is 3.30. The van der Waals surface area contributed by atoms with E-state index in [1.807, 2.05) is 0 Å². The molecule has 0 aromatic rings. The molecule has 58 valence electrons. The predicted octanol–water partition coefficient (Wildman–Crippen LogP) is 0.884. The summed E-state index contributed by atoms with van der Waals surface area (Å²) in [7, 11) is 1.59. The molecule has 0 heterocycles. The van der Waals surface area contributed by atoms with Crippen molar-refractivity contribution in [2.24, 2.45) is 10.9 Å². The van der Waals surface area contributed by atoms with Crippen molar-refractivity contribution in [3.63, 3.8) is 0 Å². The zero-order chi connectivity index (χ0) is 8.27. The number of aliphatic imine (C=N–C) groups is 1. The lowest BCUT2D eigenvalue weighted by Gasteiger charge is -2.09. The molecule has 0 amide bonds. The van der Waals surface area contributed by atoms with Gasteiger partial charge in [-0.2, -0.15) is 0 Å². The van der Waals surface area contributed by atoms with Crippen molar-refractivity contribution in [2.45, 2.75) is 0 Å². The lowest BCUT2D eigenvalue weighted by atomic mass is 9.99. The summed E-state index contributed by atoms with van der Waals surface area (Å²) in [6.07, 6.45) is 6.82. The molecule has 0 aliphatic heterocycles. The lowest BCUT2D eigenvalue weighted by Crippen LogP contribution is -2.21. The largest absolute Gasteiger partial charge is 0.481 e. The van der Waals surface area contributed by atoms with Gasteiger partial charge in [0, 0.05) is 7.05 Å². The van der Waals surface area contributed by atoms with E-state index in [2.05, 4.69) is 4.99 Å². The van der Waals surface area contributed by atoms with Gasteiger partial charge in [-0.05, 0) is 6.08 Å². The number of nitrogens with zero attached hydrogens (tertiary/aromatic N) is 1. The standard InChI is InChI=1S/C8H9NO2/c1-9-7-5-3-2-4-6(7)8(10)11/h2-6H,1H3,(H,10,11). The molecule has 11 heavy (non-hydrogen) atoms. The Morgan fingerprint density at radius 1 is 1.64 bits per heavy atom. The molecule has 0 aromatic carbocycles.